The number of piperidine rings is 1. The van der Waals surface area contributed by atoms with E-state index in [9.17, 15) is 9.59 Å². The highest BCUT2D eigenvalue weighted by molar-refractivity contribution is 7.09. The second kappa shape index (κ2) is 6.12. The molecule has 1 atom stereocenters. The molecule has 0 aliphatic carbocycles. The van der Waals surface area contributed by atoms with Gasteiger partial charge in [0.2, 0.25) is 0 Å². The average molecular weight is 284 g/mol. The summed E-state index contributed by atoms with van der Waals surface area (Å²) in [6.07, 6.45) is 1.35. The number of ether oxygens (including phenoxy) is 1. The average Bonchev–Trinajstić information content (AvgIpc) is 2.87. The second-order valence-corrected chi connectivity index (χ2v) is 5.43. The first-order chi connectivity index (χ1) is 9.11. The van der Waals surface area contributed by atoms with Crippen LogP contribution >= 0.6 is 11.3 Å². The molecule has 19 heavy (non-hydrogen) atoms. The molecule has 1 aliphatic rings. The van der Waals surface area contributed by atoms with Crippen molar-refractivity contribution in [1.29, 1.82) is 0 Å². The lowest BCUT2D eigenvalue weighted by Crippen LogP contribution is -2.42. The number of carboxylic acid groups (broad SMARTS) is 1. The van der Waals surface area contributed by atoms with Gasteiger partial charge in [-0.25, -0.2) is 4.98 Å². The molecule has 1 aromatic heterocycles. The maximum Gasteiger partial charge on any atom is 0.308 e. The van der Waals surface area contributed by atoms with E-state index < -0.39 is 11.9 Å². The summed E-state index contributed by atoms with van der Waals surface area (Å²) >= 11 is 1.37. The van der Waals surface area contributed by atoms with E-state index in [1.165, 1.54) is 11.3 Å². The zero-order valence-electron chi connectivity index (χ0n) is 10.7. The van der Waals surface area contributed by atoms with Crippen molar-refractivity contribution in [2.24, 2.45) is 5.92 Å². The van der Waals surface area contributed by atoms with E-state index in [1.807, 2.05) is 0 Å². The van der Waals surface area contributed by atoms with Crippen molar-refractivity contribution in [3.05, 3.63) is 16.1 Å². The summed E-state index contributed by atoms with van der Waals surface area (Å²) in [5, 5.41) is 11.5. The van der Waals surface area contributed by atoms with Crippen molar-refractivity contribution in [3.8, 4) is 0 Å². The summed E-state index contributed by atoms with van der Waals surface area (Å²) in [6, 6.07) is 0. The molecule has 1 amide bonds. The molecule has 6 nitrogen and oxygen atoms in total. The number of carbonyl (C=O) groups is 2. The van der Waals surface area contributed by atoms with Gasteiger partial charge in [0.05, 0.1) is 12.5 Å². The predicted octanol–water partition coefficient (Wildman–Crippen LogP) is 1.23. The monoisotopic (exact) mass is 284 g/mol. The normalized spacial score (nSPS) is 19.4. The highest BCUT2D eigenvalue weighted by Gasteiger charge is 2.29. The van der Waals surface area contributed by atoms with Crippen LogP contribution in [-0.4, -0.2) is 47.1 Å². The third kappa shape index (κ3) is 3.30. The maximum atomic E-state index is 12.2. The van der Waals surface area contributed by atoms with Gasteiger partial charge in [-0.2, -0.15) is 0 Å². The van der Waals surface area contributed by atoms with Gasteiger partial charge < -0.3 is 14.7 Å². The van der Waals surface area contributed by atoms with E-state index in [-0.39, 0.29) is 12.5 Å². The minimum absolute atomic E-state index is 0.190. The second-order valence-electron chi connectivity index (χ2n) is 4.49. The lowest BCUT2D eigenvalue weighted by atomic mass is 9.98. The SMILES string of the molecule is COCc1nc(C(=O)N2CCC[C@H](C(=O)O)C2)cs1. The van der Waals surface area contributed by atoms with Gasteiger partial charge in [0.1, 0.15) is 10.7 Å². The fourth-order valence-corrected chi connectivity index (χ4v) is 2.86. The Morgan fingerprint density at radius 3 is 3.11 bits per heavy atom. The van der Waals surface area contributed by atoms with Gasteiger partial charge in [0.25, 0.3) is 5.91 Å². The number of hydrogen-bond acceptors (Lipinski definition) is 5. The molecule has 1 fully saturated rings. The van der Waals surface area contributed by atoms with Gasteiger partial charge in [-0.15, -0.1) is 11.3 Å². The van der Waals surface area contributed by atoms with E-state index in [2.05, 4.69) is 4.98 Å². The van der Waals surface area contributed by atoms with Crippen molar-refractivity contribution >= 4 is 23.2 Å². The van der Waals surface area contributed by atoms with Gasteiger partial charge in [-0.3, -0.25) is 9.59 Å². The molecule has 0 spiro atoms. The molecule has 1 saturated heterocycles. The molecular weight excluding hydrogens is 268 g/mol. The van der Waals surface area contributed by atoms with Gasteiger partial charge >= 0.3 is 5.97 Å². The summed E-state index contributed by atoms with van der Waals surface area (Å²) in [6.45, 7) is 1.25. The van der Waals surface area contributed by atoms with Crippen LogP contribution in [0.3, 0.4) is 0 Å². The van der Waals surface area contributed by atoms with Crippen LogP contribution in [-0.2, 0) is 16.1 Å². The molecule has 2 heterocycles. The largest absolute Gasteiger partial charge is 0.481 e. The fraction of sp³-hybridized carbons (Fsp3) is 0.583. The van der Waals surface area contributed by atoms with Crippen molar-refractivity contribution < 1.29 is 19.4 Å². The predicted molar refractivity (Wildman–Crippen MR) is 69.1 cm³/mol. The lowest BCUT2D eigenvalue weighted by Gasteiger charge is -2.30. The number of hydrogen-bond donors (Lipinski definition) is 1. The van der Waals surface area contributed by atoms with Crippen molar-refractivity contribution in [2.75, 3.05) is 20.2 Å². The summed E-state index contributed by atoms with van der Waals surface area (Å²) in [5.74, 6) is -1.49. The quantitative estimate of drug-likeness (QED) is 0.899. The maximum absolute atomic E-state index is 12.2. The third-order valence-corrected chi connectivity index (χ3v) is 3.92. The summed E-state index contributed by atoms with van der Waals surface area (Å²) in [4.78, 5) is 29.0. The van der Waals surface area contributed by atoms with Crippen LogP contribution in [0, 0.1) is 5.92 Å². The van der Waals surface area contributed by atoms with E-state index >= 15 is 0 Å². The minimum Gasteiger partial charge on any atom is -0.481 e. The number of rotatable bonds is 4. The van der Waals surface area contributed by atoms with Crippen LogP contribution in [0.15, 0.2) is 5.38 Å². The Morgan fingerprint density at radius 1 is 1.63 bits per heavy atom. The first-order valence-electron chi connectivity index (χ1n) is 6.07. The molecule has 0 aromatic carbocycles. The number of likely N-dealkylation sites (tertiary alicyclic amines) is 1. The third-order valence-electron chi connectivity index (χ3n) is 3.10. The van der Waals surface area contributed by atoms with E-state index in [0.29, 0.717) is 25.3 Å². The van der Waals surface area contributed by atoms with Crippen LogP contribution < -0.4 is 0 Å². The van der Waals surface area contributed by atoms with Crippen molar-refractivity contribution in [2.45, 2.75) is 19.4 Å². The van der Waals surface area contributed by atoms with Crippen LogP contribution in [0.5, 0.6) is 0 Å². The lowest BCUT2D eigenvalue weighted by molar-refractivity contribution is -0.143. The van der Waals surface area contributed by atoms with Crippen molar-refractivity contribution in [1.82, 2.24) is 9.88 Å². The van der Waals surface area contributed by atoms with E-state index in [0.717, 1.165) is 11.4 Å². The zero-order valence-corrected chi connectivity index (χ0v) is 11.5. The van der Waals surface area contributed by atoms with E-state index in [1.54, 1.807) is 17.4 Å². The highest BCUT2D eigenvalue weighted by Crippen LogP contribution is 2.20. The Morgan fingerprint density at radius 2 is 2.42 bits per heavy atom. The fourth-order valence-electron chi connectivity index (χ4n) is 2.12. The molecule has 104 valence electrons. The standard InChI is InChI=1S/C12H16N2O4S/c1-18-6-10-13-9(7-19-10)11(15)14-4-2-3-8(5-14)12(16)17/h7-8H,2-6H2,1H3,(H,16,17)/t8-/m0/s1. The van der Waals surface area contributed by atoms with Crippen LogP contribution in [0.4, 0.5) is 0 Å². The molecule has 7 heteroatoms. The number of aliphatic carboxylic acids is 1. The molecule has 1 aromatic rings. The summed E-state index contributed by atoms with van der Waals surface area (Å²) in [5.41, 5.74) is 0.378. The minimum atomic E-state index is -0.837. The topological polar surface area (TPSA) is 79.7 Å². The molecule has 0 saturated carbocycles. The Labute approximate surface area is 115 Å². The number of thiazole rings is 1. The molecule has 0 radical (unpaired) electrons. The molecule has 0 bridgehead atoms. The molecular formula is C12H16N2O4S. The first kappa shape index (κ1) is 14.0. The van der Waals surface area contributed by atoms with Crippen molar-refractivity contribution in [3.63, 3.8) is 0 Å². The Balaban J connectivity index is 2.03. The number of amides is 1. The number of aromatic nitrogens is 1. The molecule has 1 aliphatic heterocycles. The number of carbonyl (C=O) groups excluding carboxylic acids is 1. The molecule has 2 rings (SSSR count). The Bertz CT molecular complexity index is 474. The summed E-state index contributed by atoms with van der Waals surface area (Å²) < 4.78 is 4.96. The highest BCUT2D eigenvalue weighted by atomic mass is 32.1. The summed E-state index contributed by atoms with van der Waals surface area (Å²) in [7, 11) is 1.57. The van der Waals surface area contributed by atoms with Gasteiger partial charge in [0, 0.05) is 25.6 Å². The van der Waals surface area contributed by atoms with Gasteiger partial charge in [-0.05, 0) is 12.8 Å². The molecule has 1 N–H and O–H groups in total. The number of methoxy groups -OCH3 is 1. The van der Waals surface area contributed by atoms with Crippen LogP contribution in [0.1, 0.15) is 28.3 Å². The molecule has 0 unspecified atom stereocenters. The number of carboxylic acids is 1. The van der Waals surface area contributed by atoms with Gasteiger partial charge in [-0.1, -0.05) is 0 Å². The first-order valence-corrected chi connectivity index (χ1v) is 6.95. The Kier molecular flexibility index (Phi) is 4.49. The van der Waals surface area contributed by atoms with E-state index in [4.69, 9.17) is 9.84 Å². The number of nitrogens with zero attached hydrogens (tertiary/aromatic N) is 2. The van der Waals surface area contributed by atoms with Crippen LogP contribution in [0.25, 0.3) is 0 Å². The Hall–Kier alpha value is -1.47. The zero-order chi connectivity index (χ0) is 13.8. The van der Waals surface area contributed by atoms with Crippen LogP contribution in [0.2, 0.25) is 0 Å². The van der Waals surface area contributed by atoms with Gasteiger partial charge in [0.15, 0.2) is 0 Å². The smallest absolute Gasteiger partial charge is 0.308 e.